The van der Waals surface area contributed by atoms with Crippen molar-refractivity contribution in [2.45, 2.75) is 32.1 Å². The van der Waals surface area contributed by atoms with Crippen LogP contribution in [-0.2, 0) is 14.8 Å². The van der Waals surface area contributed by atoms with Gasteiger partial charge in [-0.25, -0.2) is 8.42 Å². The lowest BCUT2D eigenvalue weighted by Crippen LogP contribution is -2.40. The number of aliphatic carboxylic acids is 1. The minimum Gasteiger partial charge on any atom is -0.480 e. The molecule has 1 fully saturated rings. The monoisotopic (exact) mass is 274 g/mol. The molecule has 0 aromatic rings. The number of nitrogens with zero attached hydrogens (tertiary/aromatic N) is 2. The summed E-state index contributed by atoms with van der Waals surface area (Å²) in [4.78, 5) is 10.5. The van der Waals surface area contributed by atoms with E-state index in [2.05, 4.69) is 6.07 Å². The quantitative estimate of drug-likeness (QED) is 0.799. The fourth-order valence-electron chi connectivity index (χ4n) is 2.27. The number of nitriles is 1. The highest BCUT2D eigenvalue weighted by Crippen LogP contribution is 2.37. The van der Waals surface area contributed by atoms with Gasteiger partial charge in [-0.15, -0.1) is 0 Å². The number of likely N-dealkylation sites (N-methyl/N-ethyl adjacent to an activating group) is 1. The molecule has 1 aliphatic rings. The molecule has 0 heterocycles. The van der Waals surface area contributed by atoms with Crippen LogP contribution in [0, 0.1) is 16.7 Å². The van der Waals surface area contributed by atoms with E-state index in [0.29, 0.717) is 12.8 Å². The molecule has 0 aliphatic heterocycles. The Balaban J connectivity index is 2.80. The zero-order chi connectivity index (χ0) is 13.8. The van der Waals surface area contributed by atoms with Gasteiger partial charge < -0.3 is 5.11 Å². The molecular weight excluding hydrogens is 256 g/mol. The summed E-state index contributed by atoms with van der Waals surface area (Å²) in [5.74, 6) is -1.48. The van der Waals surface area contributed by atoms with Crippen molar-refractivity contribution < 1.29 is 18.3 Å². The standard InChI is InChI=1S/C11H18N2O4S/c1-13(7-10(14)15)18(16,17)9-11(8-12)5-3-2-4-6-11/h2-7,9H2,1H3,(H,14,15). The largest absolute Gasteiger partial charge is 0.480 e. The number of hydrogen-bond donors (Lipinski definition) is 1. The summed E-state index contributed by atoms with van der Waals surface area (Å²) in [6, 6.07) is 2.13. The molecule has 0 radical (unpaired) electrons. The number of hydrogen-bond acceptors (Lipinski definition) is 4. The Morgan fingerprint density at radius 2 is 1.94 bits per heavy atom. The third kappa shape index (κ3) is 3.68. The smallest absolute Gasteiger partial charge is 0.318 e. The van der Waals surface area contributed by atoms with Crippen molar-refractivity contribution in [3.63, 3.8) is 0 Å². The second-order valence-electron chi connectivity index (χ2n) is 4.86. The van der Waals surface area contributed by atoms with Gasteiger partial charge in [-0.1, -0.05) is 19.3 Å². The number of carboxylic acid groups (broad SMARTS) is 1. The first-order chi connectivity index (χ1) is 8.31. The maximum atomic E-state index is 12.0. The average Bonchev–Trinajstić information content (AvgIpc) is 2.28. The van der Waals surface area contributed by atoms with E-state index in [4.69, 9.17) is 5.11 Å². The van der Waals surface area contributed by atoms with E-state index in [0.717, 1.165) is 23.6 Å². The molecule has 1 saturated carbocycles. The van der Waals surface area contributed by atoms with Gasteiger partial charge in [0.2, 0.25) is 10.0 Å². The maximum Gasteiger partial charge on any atom is 0.318 e. The van der Waals surface area contributed by atoms with Crippen LogP contribution in [0.2, 0.25) is 0 Å². The van der Waals surface area contributed by atoms with Crippen LogP contribution in [0.5, 0.6) is 0 Å². The van der Waals surface area contributed by atoms with Gasteiger partial charge in [-0.3, -0.25) is 4.79 Å². The lowest BCUT2D eigenvalue weighted by Gasteiger charge is -2.31. The average molecular weight is 274 g/mol. The molecule has 1 aliphatic carbocycles. The molecule has 18 heavy (non-hydrogen) atoms. The molecule has 0 aromatic heterocycles. The van der Waals surface area contributed by atoms with Crippen molar-refractivity contribution in [2.75, 3.05) is 19.3 Å². The fraction of sp³-hybridized carbons (Fsp3) is 0.818. The molecule has 0 unspecified atom stereocenters. The lowest BCUT2D eigenvalue weighted by atomic mass is 9.77. The molecule has 1 rings (SSSR count). The summed E-state index contributed by atoms with van der Waals surface area (Å²) < 4.78 is 24.8. The summed E-state index contributed by atoms with van der Waals surface area (Å²) in [6.07, 6.45) is 3.87. The van der Waals surface area contributed by atoms with Crippen LogP contribution in [0.25, 0.3) is 0 Å². The predicted octanol–water partition coefficient (Wildman–Crippen LogP) is 0.807. The molecule has 6 nitrogen and oxygen atoms in total. The fourth-order valence-corrected chi connectivity index (χ4v) is 3.84. The van der Waals surface area contributed by atoms with Gasteiger partial charge in [0.1, 0.15) is 6.54 Å². The summed E-state index contributed by atoms with van der Waals surface area (Å²) in [7, 11) is -2.46. The normalized spacial score (nSPS) is 19.4. The Morgan fingerprint density at radius 3 is 2.39 bits per heavy atom. The van der Waals surface area contributed by atoms with Crippen LogP contribution in [0.1, 0.15) is 32.1 Å². The van der Waals surface area contributed by atoms with E-state index >= 15 is 0 Å². The van der Waals surface area contributed by atoms with Crippen LogP contribution in [0.3, 0.4) is 0 Å². The molecule has 102 valence electrons. The number of rotatable bonds is 5. The van der Waals surface area contributed by atoms with Crippen LogP contribution in [-0.4, -0.2) is 43.1 Å². The van der Waals surface area contributed by atoms with E-state index in [1.807, 2.05) is 0 Å². The van der Waals surface area contributed by atoms with Crippen LogP contribution < -0.4 is 0 Å². The zero-order valence-corrected chi connectivity index (χ0v) is 11.2. The van der Waals surface area contributed by atoms with Crippen molar-refractivity contribution >= 4 is 16.0 Å². The first-order valence-electron chi connectivity index (χ1n) is 5.88. The van der Waals surface area contributed by atoms with Gasteiger partial charge >= 0.3 is 5.97 Å². The second kappa shape index (κ2) is 5.67. The van der Waals surface area contributed by atoms with E-state index in [-0.39, 0.29) is 5.75 Å². The summed E-state index contributed by atoms with van der Waals surface area (Å²) in [5.41, 5.74) is -0.843. The van der Waals surface area contributed by atoms with Gasteiger partial charge in [0.25, 0.3) is 0 Å². The minimum absolute atomic E-state index is 0.278. The van der Waals surface area contributed by atoms with Crippen molar-refractivity contribution in [3.05, 3.63) is 0 Å². The summed E-state index contributed by atoms with van der Waals surface area (Å²) in [6.45, 7) is -0.566. The van der Waals surface area contributed by atoms with Gasteiger partial charge in [-0.2, -0.15) is 9.57 Å². The molecule has 7 heteroatoms. The van der Waals surface area contributed by atoms with Crippen molar-refractivity contribution in [3.8, 4) is 6.07 Å². The van der Waals surface area contributed by atoms with Crippen molar-refractivity contribution in [2.24, 2.45) is 5.41 Å². The summed E-state index contributed by atoms with van der Waals surface area (Å²) in [5, 5.41) is 17.8. The molecule has 0 saturated heterocycles. The molecular formula is C11H18N2O4S. The highest BCUT2D eigenvalue weighted by molar-refractivity contribution is 7.89. The van der Waals surface area contributed by atoms with Gasteiger partial charge in [0, 0.05) is 7.05 Å². The molecule has 1 N–H and O–H groups in total. The SMILES string of the molecule is CN(CC(=O)O)S(=O)(=O)CC1(C#N)CCCCC1. The Labute approximate surface area is 107 Å². The van der Waals surface area contributed by atoms with E-state index < -0.39 is 28.0 Å². The lowest BCUT2D eigenvalue weighted by molar-refractivity contribution is -0.137. The van der Waals surface area contributed by atoms with Gasteiger partial charge in [0.15, 0.2) is 0 Å². The van der Waals surface area contributed by atoms with Crippen molar-refractivity contribution in [1.82, 2.24) is 4.31 Å². The first-order valence-corrected chi connectivity index (χ1v) is 7.49. The first kappa shape index (κ1) is 14.9. The van der Waals surface area contributed by atoms with E-state index in [1.54, 1.807) is 0 Å². The zero-order valence-electron chi connectivity index (χ0n) is 10.4. The van der Waals surface area contributed by atoms with Gasteiger partial charge in [-0.05, 0) is 12.8 Å². The number of carboxylic acids is 1. The molecule has 0 spiro atoms. The number of sulfonamides is 1. The topological polar surface area (TPSA) is 98.5 Å². The van der Waals surface area contributed by atoms with E-state index in [1.165, 1.54) is 7.05 Å². The van der Waals surface area contributed by atoms with Crippen LogP contribution >= 0.6 is 0 Å². The minimum atomic E-state index is -3.70. The predicted molar refractivity (Wildman–Crippen MR) is 65.2 cm³/mol. The number of carbonyl (C=O) groups is 1. The summed E-state index contributed by atoms with van der Waals surface area (Å²) >= 11 is 0. The third-order valence-corrected chi connectivity index (χ3v) is 5.34. The molecule has 0 amide bonds. The molecule has 0 bridgehead atoms. The van der Waals surface area contributed by atoms with Crippen molar-refractivity contribution in [1.29, 1.82) is 5.26 Å². The van der Waals surface area contributed by atoms with E-state index in [9.17, 15) is 18.5 Å². The Hall–Kier alpha value is -1.13. The Morgan fingerprint density at radius 1 is 1.39 bits per heavy atom. The van der Waals surface area contributed by atoms with Gasteiger partial charge in [0.05, 0.1) is 17.2 Å². The highest BCUT2D eigenvalue weighted by Gasteiger charge is 2.38. The Bertz CT molecular complexity index is 446. The maximum absolute atomic E-state index is 12.0. The highest BCUT2D eigenvalue weighted by atomic mass is 32.2. The second-order valence-corrected chi connectivity index (χ2v) is 6.93. The molecule has 0 atom stereocenters. The van der Waals surface area contributed by atoms with Crippen LogP contribution in [0.15, 0.2) is 0 Å². The third-order valence-electron chi connectivity index (χ3n) is 3.34. The Kier molecular flexibility index (Phi) is 4.71. The molecule has 0 aromatic carbocycles. The van der Waals surface area contributed by atoms with Crippen LogP contribution in [0.4, 0.5) is 0 Å².